The lowest BCUT2D eigenvalue weighted by Crippen LogP contribution is -2.44. The number of Topliss-reactive ketones (excluding diaryl/α,β-unsaturated/α-hetero) is 1. The second-order valence-electron chi connectivity index (χ2n) is 3.51. The normalized spacial score (nSPS) is 11.9. The molecule has 0 bridgehead atoms. The van der Waals surface area contributed by atoms with Crippen LogP contribution in [0.4, 0.5) is 0 Å². The van der Waals surface area contributed by atoms with Gasteiger partial charge in [-0.3, -0.25) is 9.59 Å². The molecule has 1 atom stereocenters. The van der Waals surface area contributed by atoms with Gasteiger partial charge in [0.1, 0.15) is 11.8 Å². The molecule has 0 spiro atoms. The number of nitrogens with one attached hydrogen (secondary N) is 1. The monoisotopic (exact) mass is 214 g/mol. The van der Waals surface area contributed by atoms with Gasteiger partial charge in [0.2, 0.25) is 11.8 Å². The van der Waals surface area contributed by atoms with Gasteiger partial charge < -0.3 is 15.8 Å². The van der Waals surface area contributed by atoms with E-state index in [1.165, 1.54) is 6.92 Å². The summed E-state index contributed by atoms with van der Waals surface area (Å²) in [6.45, 7) is 3.32. The first-order valence-electron chi connectivity index (χ1n) is 5.05. The van der Waals surface area contributed by atoms with Crippen LogP contribution in [0.15, 0.2) is 0 Å². The summed E-state index contributed by atoms with van der Waals surface area (Å²) in [5.74, 6) is -0.883. The lowest BCUT2D eigenvalue weighted by Gasteiger charge is -2.13. The maximum atomic E-state index is 11.3. The van der Waals surface area contributed by atoms with Gasteiger partial charge in [-0.2, -0.15) is 0 Å². The molecular weight excluding hydrogens is 196 g/mol. The largest absolute Gasteiger partial charge is 0.368 e. The van der Waals surface area contributed by atoms with E-state index in [0.717, 1.165) is 6.42 Å². The van der Waals surface area contributed by atoms with Crippen LogP contribution in [0.2, 0.25) is 0 Å². The first-order chi connectivity index (χ1) is 6.97. The number of ketones is 1. The van der Waals surface area contributed by atoms with Gasteiger partial charge in [-0.05, 0) is 13.3 Å². The first-order valence-corrected chi connectivity index (χ1v) is 5.05. The fourth-order valence-electron chi connectivity index (χ4n) is 1.13. The molecule has 0 unspecified atom stereocenters. The highest BCUT2D eigenvalue weighted by molar-refractivity contribution is 5.88. The third-order valence-electron chi connectivity index (χ3n) is 1.96. The Morgan fingerprint density at radius 3 is 2.27 bits per heavy atom. The zero-order valence-electron chi connectivity index (χ0n) is 9.21. The van der Waals surface area contributed by atoms with E-state index in [0.29, 0.717) is 6.42 Å². The van der Waals surface area contributed by atoms with Crippen LogP contribution in [0.1, 0.15) is 39.5 Å². The fourth-order valence-corrected chi connectivity index (χ4v) is 1.13. The molecule has 0 heterocycles. The van der Waals surface area contributed by atoms with E-state index in [9.17, 15) is 14.4 Å². The van der Waals surface area contributed by atoms with Crippen LogP contribution in [-0.2, 0) is 14.4 Å². The van der Waals surface area contributed by atoms with Crippen molar-refractivity contribution >= 4 is 17.6 Å². The van der Waals surface area contributed by atoms with E-state index in [2.05, 4.69) is 5.32 Å². The number of carbonyl (C=O) groups is 3. The molecule has 0 aromatic rings. The smallest absolute Gasteiger partial charge is 0.239 e. The molecule has 0 aliphatic rings. The van der Waals surface area contributed by atoms with Gasteiger partial charge in [0, 0.05) is 12.8 Å². The number of hydrogen-bond donors (Lipinski definition) is 2. The van der Waals surface area contributed by atoms with Crippen LogP contribution in [0.25, 0.3) is 0 Å². The van der Waals surface area contributed by atoms with Crippen LogP contribution in [-0.4, -0.2) is 23.6 Å². The minimum Gasteiger partial charge on any atom is -0.368 e. The van der Waals surface area contributed by atoms with E-state index >= 15 is 0 Å². The van der Waals surface area contributed by atoms with Crippen LogP contribution >= 0.6 is 0 Å². The average molecular weight is 214 g/mol. The molecule has 86 valence electrons. The minimum absolute atomic E-state index is 0.0451. The van der Waals surface area contributed by atoms with Gasteiger partial charge in [0.05, 0.1) is 0 Å². The Balaban J connectivity index is 3.99. The molecule has 0 aromatic heterocycles. The van der Waals surface area contributed by atoms with Crippen molar-refractivity contribution < 1.29 is 14.4 Å². The Labute approximate surface area is 89.4 Å². The van der Waals surface area contributed by atoms with Crippen molar-refractivity contribution in [3.8, 4) is 0 Å². The van der Waals surface area contributed by atoms with E-state index < -0.39 is 11.9 Å². The van der Waals surface area contributed by atoms with E-state index in [1.54, 1.807) is 0 Å². The summed E-state index contributed by atoms with van der Waals surface area (Å²) in [7, 11) is 0. The van der Waals surface area contributed by atoms with Crippen molar-refractivity contribution in [2.45, 2.75) is 45.6 Å². The summed E-state index contributed by atoms with van der Waals surface area (Å²) in [5, 5.41) is 2.51. The van der Waals surface area contributed by atoms with Crippen LogP contribution in [0.3, 0.4) is 0 Å². The molecular formula is C10H18N2O3. The maximum absolute atomic E-state index is 11.3. The Kier molecular flexibility index (Phi) is 6.33. The number of primary amides is 1. The van der Waals surface area contributed by atoms with E-state index in [-0.39, 0.29) is 24.5 Å². The molecule has 3 N–H and O–H groups in total. The topological polar surface area (TPSA) is 89.3 Å². The molecule has 15 heavy (non-hydrogen) atoms. The summed E-state index contributed by atoms with van der Waals surface area (Å²) in [6.07, 6.45) is 1.61. The number of amides is 2. The second kappa shape index (κ2) is 6.98. The van der Waals surface area contributed by atoms with E-state index in [4.69, 9.17) is 5.73 Å². The Morgan fingerprint density at radius 1 is 1.27 bits per heavy atom. The van der Waals surface area contributed by atoms with Crippen LogP contribution in [0.5, 0.6) is 0 Å². The number of hydrogen-bond acceptors (Lipinski definition) is 3. The Hall–Kier alpha value is -1.39. The van der Waals surface area contributed by atoms with Crippen molar-refractivity contribution in [3.05, 3.63) is 0 Å². The summed E-state index contributed by atoms with van der Waals surface area (Å²) in [6, 6.07) is -0.616. The molecule has 0 rings (SSSR count). The van der Waals surface area contributed by atoms with E-state index in [1.807, 2.05) is 6.92 Å². The summed E-state index contributed by atoms with van der Waals surface area (Å²) in [5.41, 5.74) is 5.11. The van der Waals surface area contributed by atoms with Gasteiger partial charge >= 0.3 is 0 Å². The van der Waals surface area contributed by atoms with Crippen molar-refractivity contribution in [1.29, 1.82) is 0 Å². The predicted octanol–water partition coefficient (Wildman–Crippen LogP) is 0.126. The number of rotatable bonds is 7. The molecule has 0 aliphatic carbocycles. The fraction of sp³-hybridized carbons (Fsp3) is 0.700. The summed E-state index contributed by atoms with van der Waals surface area (Å²) >= 11 is 0. The minimum atomic E-state index is -0.616. The molecule has 0 radical (unpaired) electrons. The molecule has 5 nitrogen and oxygen atoms in total. The Bertz CT molecular complexity index is 251. The van der Waals surface area contributed by atoms with Crippen molar-refractivity contribution in [3.63, 3.8) is 0 Å². The average Bonchev–Trinajstić information content (AvgIpc) is 2.14. The third kappa shape index (κ3) is 6.65. The first kappa shape index (κ1) is 13.6. The number of nitrogens with two attached hydrogens (primary N) is 1. The van der Waals surface area contributed by atoms with Gasteiger partial charge in [-0.25, -0.2) is 0 Å². The van der Waals surface area contributed by atoms with Crippen molar-refractivity contribution in [1.82, 2.24) is 5.32 Å². The van der Waals surface area contributed by atoms with Gasteiger partial charge in [0.25, 0.3) is 0 Å². The molecule has 0 saturated heterocycles. The zero-order chi connectivity index (χ0) is 11.8. The highest BCUT2D eigenvalue weighted by atomic mass is 16.2. The third-order valence-corrected chi connectivity index (χ3v) is 1.96. The second-order valence-corrected chi connectivity index (χ2v) is 3.51. The van der Waals surface area contributed by atoms with Crippen LogP contribution in [0, 0.1) is 0 Å². The van der Waals surface area contributed by atoms with Gasteiger partial charge in [-0.1, -0.05) is 13.3 Å². The molecule has 0 saturated carbocycles. The zero-order valence-corrected chi connectivity index (χ0v) is 9.21. The molecule has 0 aliphatic heterocycles. The molecule has 0 fully saturated rings. The van der Waals surface area contributed by atoms with Gasteiger partial charge in [-0.15, -0.1) is 0 Å². The lowest BCUT2D eigenvalue weighted by molar-refractivity contribution is -0.128. The highest BCUT2D eigenvalue weighted by Crippen LogP contribution is 1.98. The summed E-state index contributed by atoms with van der Waals surface area (Å²) < 4.78 is 0. The number of carbonyl (C=O) groups excluding carboxylic acids is 3. The SMILES string of the molecule is CCC[C@H](NC(=O)CCC(C)=O)C(N)=O. The molecule has 5 heteroatoms. The standard InChI is InChI=1S/C10H18N2O3/c1-3-4-8(10(11)15)12-9(14)6-5-7(2)13/h8H,3-6H2,1-2H3,(H2,11,15)(H,12,14)/t8-/m0/s1. The maximum Gasteiger partial charge on any atom is 0.239 e. The Morgan fingerprint density at radius 2 is 1.87 bits per heavy atom. The van der Waals surface area contributed by atoms with Crippen LogP contribution < -0.4 is 11.1 Å². The van der Waals surface area contributed by atoms with Crippen molar-refractivity contribution in [2.24, 2.45) is 5.73 Å². The highest BCUT2D eigenvalue weighted by Gasteiger charge is 2.16. The quantitative estimate of drug-likeness (QED) is 0.631. The van der Waals surface area contributed by atoms with Gasteiger partial charge in [0.15, 0.2) is 0 Å². The molecule has 0 aromatic carbocycles. The molecule has 2 amide bonds. The predicted molar refractivity (Wildman–Crippen MR) is 55.9 cm³/mol. The lowest BCUT2D eigenvalue weighted by atomic mass is 10.1. The summed E-state index contributed by atoms with van der Waals surface area (Å²) in [4.78, 5) is 32.8. The van der Waals surface area contributed by atoms with Crippen molar-refractivity contribution in [2.75, 3.05) is 0 Å².